The molecule has 0 aromatic heterocycles. The van der Waals surface area contributed by atoms with Crippen LogP contribution in [0, 0.1) is 13.8 Å². The zero-order chi connectivity index (χ0) is 18.6. The van der Waals surface area contributed by atoms with Crippen LogP contribution in [0.15, 0.2) is 18.2 Å². The third-order valence-corrected chi connectivity index (χ3v) is 4.50. The first-order chi connectivity index (χ1) is 11.6. The van der Waals surface area contributed by atoms with Crippen molar-refractivity contribution >= 4 is 11.9 Å². The first-order valence-corrected chi connectivity index (χ1v) is 8.96. The molecule has 0 aliphatic carbocycles. The first kappa shape index (κ1) is 19.4. The number of rotatable bonds is 4. The molecule has 0 bridgehead atoms. The summed E-state index contributed by atoms with van der Waals surface area (Å²) in [6.45, 7) is 11.7. The number of amides is 1. The molecule has 0 unspecified atom stereocenters. The summed E-state index contributed by atoms with van der Waals surface area (Å²) >= 11 is 0. The van der Waals surface area contributed by atoms with Gasteiger partial charge in [-0.3, -0.25) is 9.69 Å². The number of piperidine rings is 1. The van der Waals surface area contributed by atoms with Gasteiger partial charge in [0, 0.05) is 24.7 Å². The fraction of sp³-hybridized carbons (Fsp3) is 0.600. The highest BCUT2D eigenvalue weighted by Crippen LogP contribution is 2.15. The van der Waals surface area contributed by atoms with E-state index in [0.29, 0.717) is 6.54 Å². The number of Topliss-reactive ketones (excluding diaryl/α,β-unsaturated/α-hetero) is 1. The molecule has 1 aromatic rings. The van der Waals surface area contributed by atoms with E-state index < -0.39 is 5.60 Å². The molecule has 0 saturated carbocycles. The topological polar surface area (TPSA) is 58.6 Å². The molecule has 1 aromatic carbocycles. The molecule has 1 amide bonds. The molecule has 0 atom stereocenters. The maximum absolute atomic E-state index is 12.5. The Kier molecular flexibility index (Phi) is 6.22. The molecule has 1 heterocycles. The molecular formula is C20H30N2O3. The van der Waals surface area contributed by atoms with Gasteiger partial charge in [-0.25, -0.2) is 4.79 Å². The number of carbonyl (C=O) groups is 2. The van der Waals surface area contributed by atoms with Gasteiger partial charge in [0.25, 0.3) is 0 Å². The smallest absolute Gasteiger partial charge is 0.407 e. The van der Waals surface area contributed by atoms with Crippen LogP contribution in [0.5, 0.6) is 0 Å². The highest BCUT2D eigenvalue weighted by atomic mass is 16.6. The van der Waals surface area contributed by atoms with Crippen LogP contribution in [-0.4, -0.2) is 48.1 Å². The van der Waals surface area contributed by atoms with Crippen LogP contribution in [0.1, 0.15) is 55.1 Å². The summed E-state index contributed by atoms with van der Waals surface area (Å²) in [7, 11) is 0. The Hall–Kier alpha value is -1.88. The molecule has 0 radical (unpaired) electrons. The van der Waals surface area contributed by atoms with Crippen molar-refractivity contribution in [1.82, 2.24) is 10.2 Å². The lowest BCUT2D eigenvalue weighted by atomic mass is 10.0. The van der Waals surface area contributed by atoms with E-state index in [1.54, 1.807) is 0 Å². The Labute approximate surface area is 150 Å². The number of alkyl carbamates (subject to hydrolysis) is 1. The number of hydrogen-bond acceptors (Lipinski definition) is 4. The van der Waals surface area contributed by atoms with Crippen LogP contribution in [0.4, 0.5) is 4.79 Å². The van der Waals surface area contributed by atoms with Crippen molar-refractivity contribution in [3.63, 3.8) is 0 Å². The van der Waals surface area contributed by atoms with Gasteiger partial charge in [-0.1, -0.05) is 12.1 Å². The number of carbonyl (C=O) groups excluding carboxylic acids is 2. The lowest BCUT2D eigenvalue weighted by Crippen LogP contribution is -2.47. The molecule has 1 N–H and O–H groups in total. The summed E-state index contributed by atoms with van der Waals surface area (Å²) in [5.74, 6) is 0.154. The quantitative estimate of drug-likeness (QED) is 0.848. The Morgan fingerprint density at radius 2 is 1.80 bits per heavy atom. The Morgan fingerprint density at radius 1 is 1.16 bits per heavy atom. The normalized spacial score (nSPS) is 16.5. The lowest BCUT2D eigenvalue weighted by molar-refractivity contribution is 0.0476. The number of ketones is 1. The van der Waals surface area contributed by atoms with Crippen molar-refractivity contribution in [2.45, 2.75) is 59.1 Å². The van der Waals surface area contributed by atoms with Gasteiger partial charge in [-0.2, -0.15) is 0 Å². The number of aryl methyl sites for hydroxylation is 2. The summed E-state index contributed by atoms with van der Waals surface area (Å²) in [4.78, 5) is 26.4. The molecule has 138 valence electrons. The van der Waals surface area contributed by atoms with Gasteiger partial charge in [0.15, 0.2) is 5.78 Å². The van der Waals surface area contributed by atoms with E-state index in [4.69, 9.17) is 4.74 Å². The van der Waals surface area contributed by atoms with Gasteiger partial charge < -0.3 is 10.1 Å². The summed E-state index contributed by atoms with van der Waals surface area (Å²) in [6.07, 6.45) is 1.30. The number of ether oxygens (including phenoxy) is 1. The van der Waals surface area contributed by atoms with Crippen LogP contribution < -0.4 is 5.32 Å². The second-order valence-corrected chi connectivity index (χ2v) is 7.92. The molecule has 1 aliphatic rings. The minimum absolute atomic E-state index is 0.114. The van der Waals surface area contributed by atoms with Crippen LogP contribution in [-0.2, 0) is 4.74 Å². The van der Waals surface area contributed by atoms with Crippen LogP contribution >= 0.6 is 0 Å². The van der Waals surface area contributed by atoms with Crippen molar-refractivity contribution in [3.8, 4) is 0 Å². The molecule has 2 rings (SSSR count). The first-order valence-electron chi connectivity index (χ1n) is 8.96. The number of nitrogens with one attached hydrogen (secondary N) is 1. The van der Waals surface area contributed by atoms with E-state index in [9.17, 15) is 9.59 Å². The third-order valence-electron chi connectivity index (χ3n) is 4.50. The predicted molar refractivity (Wildman–Crippen MR) is 99.1 cm³/mol. The molecule has 25 heavy (non-hydrogen) atoms. The minimum atomic E-state index is -0.483. The summed E-state index contributed by atoms with van der Waals surface area (Å²) in [5.41, 5.74) is 2.64. The van der Waals surface area contributed by atoms with E-state index in [-0.39, 0.29) is 17.9 Å². The Morgan fingerprint density at radius 3 is 2.36 bits per heavy atom. The van der Waals surface area contributed by atoms with Gasteiger partial charge in [0.1, 0.15) is 5.60 Å². The molecule has 5 heteroatoms. The summed E-state index contributed by atoms with van der Waals surface area (Å²) in [6, 6.07) is 5.98. The van der Waals surface area contributed by atoms with Crippen molar-refractivity contribution < 1.29 is 14.3 Å². The van der Waals surface area contributed by atoms with Crippen LogP contribution in [0.25, 0.3) is 0 Å². The largest absolute Gasteiger partial charge is 0.444 e. The fourth-order valence-electron chi connectivity index (χ4n) is 2.92. The average Bonchev–Trinajstić information content (AvgIpc) is 2.50. The molecular weight excluding hydrogens is 316 g/mol. The maximum Gasteiger partial charge on any atom is 0.407 e. The van der Waals surface area contributed by atoms with E-state index >= 15 is 0 Å². The average molecular weight is 346 g/mol. The molecule has 1 saturated heterocycles. The Balaban J connectivity index is 1.79. The van der Waals surface area contributed by atoms with Crippen LogP contribution in [0.3, 0.4) is 0 Å². The lowest BCUT2D eigenvalue weighted by Gasteiger charge is -2.32. The number of benzene rings is 1. The maximum atomic E-state index is 12.5. The standard InChI is InChI=1S/C20H30N2O3/c1-14-6-7-16(12-15(14)2)18(23)13-22-10-8-17(9-11-22)21-19(24)25-20(3,4)5/h6-7,12,17H,8-11,13H2,1-5H3,(H,21,24). The minimum Gasteiger partial charge on any atom is -0.444 e. The number of likely N-dealkylation sites (tertiary alicyclic amines) is 1. The third kappa shape index (κ3) is 6.16. The zero-order valence-electron chi connectivity index (χ0n) is 16.0. The summed E-state index contributed by atoms with van der Waals surface area (Å²) < 4.78 is 5.29. The van der Waals surface area contributed by atoms with Gasteiger partial charge in [-0.15, -0.1) is 0 Å². The second kappa shape index (κ2) is 8.00. The van der Waals surface area contributed by atoms with Crippen molar-refractivity contribution in [2.24, 2.45) is 0 Å². The van der Waals surface area contributed by atoms with Gasteiger partial charge in [-0.05, 0) is 64.7 Å². The number of nitrogens with zero attached hydrogens (tertiary/aromatic N) is 1. The fourth-order valence-corrected chi connectivity index (χ4v) is 2.92. The molecule has 1 aliphatic heterocycles. The Bertz CT molecular complexity index is 626. The second-order valence-electron chi connectivity index (χ2n) is 7.92. The van der Waals surface area contributed by atoms with Crippen molar-refractivity contribution in [1.29, 1.82) is 0 Å². The van der Waals surface area contributed by atoms with Crippen LogP contribution in [0.2, 0.25) is 0 Å². The highest BCUT2D eigenvalue weighted by Gasteiger charge is 2.24. The van der Waals surface area contributed by atoms with E-state index in [1.807, 2.05) is 52.8 Å². The molecule has 5 nitrogen and oxygen atoms in total. The van der Waals surface area contributed by atoms with E-state index in [2.05, 4.69) is 10.2 Å². The van der Waals surface area contributed by atoms with E-state index in [1.165, 1.54) is 5.56 Å². The van der Waals surface area contributed by atoms with Gasteiger partial charge in [0.2, 0.25) is 0 Å². The van der Waals surface area contributed by atoms with Gasteiger partial charge >= 0.3 is 6.09 Å². The molecule has 0 spiro atoms. The molecule has 1 fully saturated rings. The van der Waals surface area contributed by atoms with Gasteiger partial charge in [0.05, 0.1) is 6.54 Å². The number of hydrogen-bond donors (Lipinski definition) is 1. The van der Waals surface area contributed by atoms with Crippen molar-refractivity contribution in [2.75, 3.05) is 19.6 Å². The van der Waals surface area contributed by atoms with E-state index in [0.717, 1.165) is 37.1 Å². The zero-order valence-corrected chi connectivity index (χ0v) is 16.0. The SMILES string of the molecule is Cc1ccc(C(=O)CN2CCC(NC(=O)OC(C)(C)C)CC2)cc1C. The monoisotopic (exact) mass is 346 g/mol. The predicted octanol–water partition coefficient (Wildman–Crippen LogP) is 3.48. The highest BCUT2D eigenvalue weighted by molar-refractivity contribution is 5.97. The van der Waals surface area contributed by atoms with Crippen molar-refractivity contribution in [3.05, 3.63) is 34.9 Å². The summed E-state index contributed by atoms with van der Waals surface area (Å²) in [5, 5.41) is 2.92.